The molecule has 0 bridgehead atoms. The van der Waals surface area contributed by atoms with Crippen LogP contribution in [-0.2, 0) is 29.0 Å². The Morgan fingerprint density at radius 1 is 0.841 bits per heavy atom. The molecule has 1 aromatic rings. The number of hydrogen-bond donors (Lipinski definition) is 5. The predicted octanol–water partition coefficient (Wildman–Crippen LogP) is 0.941. The number of nitrogens with zero attached hydrogens (tertiary/aromatic N) is 3. The molecule has 15 nitrogen and oxygen atoms in total. The molecule has 44 heavy (non-hydrogen) atoms. The van der Waals surface area contributed by atoms with E-state index in [-0.39, 0.29) is 24.4 Å². The summed E-state index contributed by atoms with van der Waals surface area (Å²) in [7, 11) is -1.26. The lowest BCUT2D eigenvalue weighted by Crippen LogP contribution is -2.47. The van der Waals surface area contributed by atoms with E-state index in [9.17, 15) is 32.4 Å². The van der Waals surface area contributed by atoms with Crippen molar-refractivity contribution in [3.8, 4) is 0 Å². The van der Waals surface area contributed by atoms with Crippen LogP contribution >= 0.6 is 0 Å². The highest BCUT2D eigenvalue weighted by Gasteiger charge is 2.21. The van der Waals surface area contributed by atoms with E-state index in [4.69, 9.17) is 20.4 Å². The first-order chi connectivity index (χ1) is 20.5. The van der Waals surface area contributed by atoms with E-state index in [2.05, 4.69) is 22.2 Å². The number of carbonyl (C=O) groups is 5. The molecule has 0 spiro atoms. The third-order valence-corrected chi connectivity index (χ3v) is 7.56. The van der Waals surface area contributed by atoms with Gasteiger partial charge in [0.2, 0.25) is 0 Å². The molecule has 1 fully saturated rings. The zero-order chi connectivity index (χ0) is 33.7. The maximum absolute atomic E-state index is 12.5. The Morgan fingerprint density at radius 2 is 1.30 bits per heavy atom. The zero-order valence-electron chi connectivity index (χ0n) is 25.0. The van der Waals surface area contributed by atoms with Gasteiger partial charge in [-0.05, 0) is 46.0 Å². The van der Waals surface area contributed by atoms with Crippen LogP contribution in [0.2, 0.25) is 0 Å². The summed E-state index contributed by atoms with van der Waals surface area (Å²) in [4.78, 5) is 57.4. The lowest BCUT2D eigenvalue weighted by molar-refractivity contribution is -0.134. The number of rotatable bonds is 13. The van der Waals surface area contributed by atoms with Gasteiger partial charge in [-0.1, -0.05) is 18.2 Å². The summed E-state index contributed by atoms with van der Waals surface area (Å²) in [6, 6.07) is 8.12. The maximum Gasteiger partial charge on any atom is 0.328 e. The number of sulfone groups is 1. The van der Waals surface area contributed by atoms with Crippen LogP contribution < -0.4 is 5.32 Å². The molecule has 0 radical (unpaired) electrons. The summed E-state index contributed by atoms with van der Waals surface area (Å²) < 4.78 is 24.9. The topological polar surface area (TPSA) is 222 Å². The van der Waals surface area contributed by atoms with Crippen molar-refractivity contribution in [2.45, 2.75) is 31.2 Å². The van der Waals surface area contributed by atoms with E-state index in [1.807, 2.05) is 13.8 Å². The quantitative estimate of drug-likeness (QED) is 0.149. The molecule has 0 aliphatic carbocycles. The van der Waals surface area contributed by atoms with E-state index in [0.29, 0.717) is 35.7 Å². The number of likely N-dealkylation sites (N-methyl/N-ethyl adjacent to an activating group) is 1. The number of nitrogens with one attached hydrogen (secondary N) is 1. The molecule has 2 amide bonds. The highest BCUT2D eigenvalue weighted by atomic mass is 32.2. The first-order valence-corrected chi connectivity index (χ1v) is 15.2. The van der Waals surface area contributed by atoms with E-state index in [1.165, 1.54) is 0 Å². The second kappa shape index (κ2) is 21.4. The summed E-state index contributed by atoms with van der Waals surface area (Å²) in [5.41, 5.74) is 0. The van der Waals surface area contributed by atoms with Gasteiger partial charge in [0.1, 0.15) is 0 Å². The Bertz CT molecular complexity index is 1160. The van der Waals surface area contributed by atoms with Gasteiger partial charge in [0.05, 0.1) is 10.6 Å². The molecule has 5 N–H and O–H groups in total. The molecule has 0 atom stereocenters. The average Bonchev–Trinajstić information content (AvgIpc) is 2.95. The van der Waals surface area contributed by atoms with Gasteiger partial charge in [-0.15, -0.1) is 0 Å². The van der Waals surface area contributed by atoms with Crippen molar-refractivity contribution in [3.63, 3.8) is 0 Å². The minimum atomic E-state index is -3.40. The molecule has 16 heteroatoms. The monoisotopic (exact) mass is 642 g/mol. The van der Waals surface area contributed by atoms with Crippen LogP contribution in [0.4, 0.5) is 4.79 Å². The number of benzene rings is 1. The Hall–Kier alpha value is -4.28. The van der Waals surface area contributed by atoms with Gasteiger partial charge >= 0.3 is 29.9 Å². The fourth-order valence-electron chi connectivity index (χ4n) is 3.51. The van der Waals surface area contributed by atoms with Gasteiger partial charge in [0, 0.05) is 69.6 Å². The van der Waals surface area contributed by atoms with Crippen LogP contribution in [0.5, 0.6) is 0 Å². The van der Waals surface area contributed by atoms with Crippen LogP contribution in [0, 0.1) is 0 Å². The summed E-state index contributed by atoms with van der Waals surface area (Å²) in [5, 5.41) is 34.2. The van der Waals surface area contributed by atoms with Crippen molar-refractivity contribution in [2.24, 2.45) is 0 Å². The molecule has 246 valence electrons. The van der Waals surface area contributed by atoms with Gasteiger partial charge in [-0.25, -0.2) is 32.4 Å². The van der Waals surface area contributed by atoms with E-state index >= 15 is 0 Å². The molecule has 1 aliphatic rings. The molecule has 1 aliphatic heterocycles. The molecular weight excluding hydrogens is 600 g/mol. The standard InChI is InChI=1S/C20H34N4O3S.2C4H4O4/c1-18(2)24(16-17-28(26,27)19-8-5-4-6-9-19)20(25)21-10-7-11-23-14-12-22(3)13-15-23;2*5-3(6)1-2-4(7)8/h4-6,8-9,18H,7,10-17H2,1-3H3,(H,21,25);2*1-2H,(H,5,6)(H,7,8). The number of hydrogen-bond acceptors (Lipinski definition) is 9. The fraction of sp³-hybridized carbons (Fsp3) is 0.464. The fourth-order valence-corrected chi connectivity index (χ4v) is 4.76. The van der Waals surface area contributed by atoms with Gasteiger partial charge in [-0.3, -0.25) is 0 Å². The van der Waals surface area contributed by atoms with Crippen molar-refractivity contribution in [1.82, 2.24) is 20.0 Å². The number of aliphatic carboxylic acids is 4. The third-order valence-electron chi connectivity index (χ3n) is 5.85. The lowest BCUT2D eigenvalue weighted by atomic mass is 10.3. The molecular formula is C28H42N4O11S. The Morgan fingerprint density at radius 3 is 1.70 bits per heavy atom. The molecule has 0 unspecified atom stereocenters. The second-order valence-corrected chi connectivity index (χ2v) is 11.8. The summed E-state index contributed by atoms with van der Waals surface area (Å²) in [5.74, 6) is -5.11. The SMILES string of the molecule is CC(C)N(CCS(=O)(=O)c1ccccc1)C(=O)NCCCN1CCN(C)CC1.O=C(O)C=CC(=O)O.O=C(O)C=CC(=O)O. The van der Waals surface area contributed by atoms with Crippen LogP contribution in [-0.4, -0.2) is 138 Å². The summed E-state index contributed by atoms with van der Waals surface area (Å²) in [6.07, 6.45) is 3.12. The van der Waals surface area contributed by atoms with Crippen molar-refractivity contribution in [3.05, 3.63) is 54.6 Å². The number of amides is 2. The largest absolute Gasteiger partial charge is 0.478 e. The number of carboxylic acid groups (broad SMARTS) is 4. The molecule has 1 heterocycles. The van der Waals surface area contributed by atoms with Crippen LogP contribution in [0.15, 0.2) is 59.5 Å². The van der Waals surface area contributed by atoms with Crippen molar-refractivity contribution in [2.75, 3.05) is 58.6 Å². The van der Waals surface area contributed by atoms with Gasteiger partial charge < -0.3 is 40.4 Å². The normalized spacial score (nSPS) is 13.8. The molecule has 1 saturated heterocycles. The Labute approximate surface area is 257 Å². The summed E-state index contributed by atoms with van der Waals surface area (Å²) >= 11 is 0. The first kappa shape index (κ1) is 39.7. The van der Waals surface area contributed by atoms with Crippen LogP contribution in [0.25, 0.3) is 0 Å². The highest BCUT2D eigenvalue weighted by molar-refractivity contribution is 7.91. The lowest BCUT2D eigenvalue weighted by Gasteiger charge is -2.32. The molecule has 0 saturated carbocycles. The van der Waals surface area contributed by atoms with Crippen molar-refractivity contribution in [1.29, 1.82) is 0 Å². The first-order valence-electron chi connectivity index (χ1n) is 13.6. The molecule has 1 aromatic carbocycles. The number of urea groups is 1. The van der Waals surface area contributed by atoms with Gasteiger partial charge in [-0.2, -0.15) is 0 Å². The van der Waals surface area contributed by atoms with E-state index in [0.717, 1.165) is 39.1 Å². The average molecular weight is 643 g/mol. The van der Waals surface area contributed by atoms with E-state index < -0.39 is 33.7 Å². The second-order valence-electron chi connectivity index (χ2n) is 9.67. The minimum absolute atomic E-state index is 0.0661. The summed E-state index contributed by atoms with van der Waals surface area (Å²) in [6.45, 7) is 9.86. The van der Waals surface area contributed by atoms with Crippen LogP contribution in [0.3, 0.4) is 0 Å². The zero-order valence-corrected chi connectivity index (χ0v) is 25.9. The van der Waals surface area contributed by atoms with Crippen molar-refractivity contribution < 1.29 is 52.8 Å². The maximum atomic E-state index is 12.5. The van der Waals surface area contributed by atoms with Gasteiger partial charge in [0.15, 0.2) is 9.84 Å². The Balaban J connectivity index is 0.000000947. The van der Waals surface area contributed by atoms with E-state index in [1.54, 1.807) is 35.2 Å². The number of piperazine rings is 1. The number of carboxylic acids is 4. The van der Waals surface area contributed by atoms with Gasteiger partial charge in [0.25, 0.3) is 0 Å². The predicted molar refractivity (Wildman–Crippen MR) is 161 cm³/mol. The highest BCUT2D eigenvalue weighted by Crippen LogP contribution is 2.11. The number of carbonyl (C=O) groups excluding carboxylic acids is 1. The minimum Gasteiger partial charge on any atom is -0.478 e. The van der Waals surface area contributed by atoms with Crippen molar-refractivity contribution >= 4 is 39.7 Å². The smallest absolute Gasteiger partial charge is 0.328 e. The third kappa shape index (κ3) is 19.8. The molecule has 0 aromatic heterocycles. The Kier molecular flexibility index (Phi) is 19.3. The molecule has 2 rings (SSSR count). The van der Waals surface area contributed by atoms with Crippen LogP contribution in [0.1, 0.15) is 20.3 Å².